The maximum atomic E-state index is 12.5. The first kappa shape index (κ1) is 13.9. The number of primary amides is 1. The van der Waals surface area contributed by atoms with Crippen LogP contribution < -0.4 is 17.2 Å². The fourth-order valence-corrected chi connectivity index (χ4v) is 3.19. The molecule has 2 rings (SSSR count). The summed E-state index contributed by atoms with van der Waals surface area (Å²) < 4.78 is 25.0. The number of hydrogen-bond donors (Lipinski definition) is 3. The van der Waals surface area contributed by atoms with E-state index in [1.54, 1.807) is 0 Å². The van der Waals surface area contributed by atoms with Crippen molar-refractivity contribution in [1.29, 1.82) is 0 Å². The summed E-state index contributed by atoms with van der Waals surface area (Å²) in [6, 6.07) is 9.57. The van der Waals surface area contributed by atoms with Crippen LogP contribution in [0, 0.1) is 0 Å². The van der Waals surface area contributed by atoms with Gasteiger partial charge >= 0.3 is 0 Å². The Bertz CT molecular complexity index is 768. The van der Waals surface area contributed by atoms with Gasteiger partial charge in [-0.1, -0.05) is 0 Å². The zero-order valence-corrected chi connectivity index (χ0v) is 11.2. The average molecular weight is 291 g/mol. The molecule has 0 saturated heterocycles. The topological polar surface area (TPSA) is 129 Å². The molecule has 0 saturated carbocycles. The first-order valence-corrected chi connectivity index (χ1v) is 7.10. The number of anilines is 2. The summed E-state index contributed by atoms with van der Waals surface area (Å²) in [5, 5.41) is 0. The predicted octanol–water partition coefficient (Wildman–Crippen LogP) is 0.783. The molecule has 0 unspecified atom stereocenters. The third-order valence-corrected chi connectivity index (χ3v) is 4.58. The molecule has 6 N–H and O–H groups in total. The van der Waals surface area contributed by atoms with E-state index in [2.05, 4.69) is 0 Å². The Balaban J connectivity index is 2.66. The second-order valence-electron chi connectivity index (χ2n) is 4.19. The highest BCUT2D eigenvalue weighted by Crippen LogP contribution is 2.26. The number of hydrogen-bond acceptors (Lipinski definition) is 5. The van der Waals surface area contributed by atoms with Gasteiger partial charge in [-0.25, -0.2) is 8.42 Å². The highest BCUT2D eigenvalue weighted by Gasteiger charge is 2.23. The number of carbonyl (C=O) groups is 1. The SMILES string of the molecule is NC(=O)c1cc(N)ccc1S(=O)(=O)c1ccc(N)cc1. The second-order valence-corrected chi connectivity index (χ2v) is 6.11. The Kier molecular flexibility index (Phi) is 3.37. The van der Waals surface area contributed by atoms with Crippen LogP contribution in [-0.2, 0) is 9.84 Å². The Morgan fingerprint density at radius 1 is 0.900 bits per heavy atom. The van der Waals surface area contributed by atoms with Crippen molar-refractivity contribution >= 4 is 27.1 Å². The highest BCUT2D eigenvalue weighted by molar-refractivity contribution is 7.91. The van der Waals surface area contributed by atoms with Crippen molar-refractivity contribution in [3.05, 3.63) is 48.0 Å². The lowest BCUT2D eigenvalue weighted by Gasteiger charge is -2.09. The van der Waals surface area contributed by atoms with Crippen molar-refractivity contribution in [2.45, 2.75) is 9.79 Å². The van der Waals surface area contributed by atoms with E-state index in [1.807, 2.05) is 0 Å². The van der Waals surface area contributed by atoms with Crippen LogP contribution in [0.25, 0.3) is 0 Å². The summed E-state index contributed by atoms with van der Waals surface area (Å²) in [6.07, 6.45) is 0. The molecule has 0 atom stereocenters. The third kappa shape index (κ3) is 2.43. The summed E-state index contributed by atoms with van der Waals surface area (Å²) in [4.78, 5) is 11.2. The van der Waals surface area contributed by atoms with Crippen LogP contribution in [-0.4, -0.2) is 14.3 Å². The maximum Gasteiger partial charge on any atom is 0.250 e. The van der Waals surface area contributed by atoms with Gasteiger partial charge in [0.1, 0.15) is 0 Å². The van der Waals surface area contributed by atoms with E-state index in [-0.39, 0.29) is 21.0 Å². The second kappa shape index (κ2) is 4.86. The van der Waals surface area contributed by atoms with Crippen molar-refractivity contribution in [2.75, 3.05) is 11.5 Å². The Morgan fingerprint density at radius 2 is 1.45 bits per heavy atom. The van der Waals surface area contributed by atoms with Crippen molar-refractivity contribution in [2.24, 2.45) is 5.73 Å². The van der Waals surface area contributed by atoms with Gasteiger partial charge in [-0.15, -0.1) is 0 Å². The van der Waals surface area contributed by atoms with Crippen LogP contribution in [0.5, 0.6) is 0 Å². The first-order valence-electron chi connectivity index (χ1n) is 5.62. The monoisotopic (exact) mass is 291 g/mol. The van der Waals surface area contributed by atoms with Crippen LogP contribution in [0.4, 0.5) is 11.4 Å². The zero-order valence-electron chi connectivity index (χ0n) is 10.4. The molecule has 2 aromatic carbocycles. The average Bonchev–Trinajstić information content (AvgIpc) is 2.38. The van der Waals surface area contributed by atoms with Crippen molar-refractivity contribution < 1.29 is 13.2 Å². The molecule has 104 valence electrons. The molecule has 0 fully saturated rings. The predicted molar refractivity (Wildman–Crippen MR) is 75.7 cm³/mol. The molecule has 7 heteroatoms. The zero-order chi connectivity index (χ0) is 14.9. The van der Waals surface area contributed by atoms with Gasteiger partial charge in [0.15, 0.2) is 0 Å². The smallest absolute Gasteiger partial charge is 0.250 e. The summed E-state index contributed by atoms with van der Waals surface area (Å²) in [7, 11) is -3.86. The minimum atomic E-state index is -3.86. The first-order chi connectivity index (χ1) is 9.32. The molecular formula is C13H13N3O3S. The number of nitrogen functional groups attached to an aromatic ring is 2. The quantitative estimate of drug-likeness (QED) is 0.720. The van der Waals surface area contributed by atoms with Crippen LogP contribution >= 0.6 is 0 Å². The maximum absolute atomic E-state index is 12.5. The van der Waals surface area contributed by atoms with Gasteiger partial charge in [0.05, 0.1) is 15.4 Å². The molecule has 20 heavy (non-hydrogen) atoms. The largest absolute Gasteiger partial charge is 0.399 e. The molecule has 2 aromatic rings. The van der Waals surface area contributed by atoms with Crippen molar-refractivity contribution in [3.63, 3.8) is 0 Å². The normalized spacial score (nSPS) is 11.2. The fraction of sp³-hybridized carbons (Fsp3) is 0. The summed E-state index contributed by atoms with van der Waals surface area (Å²) in [6.45, 7) is 0. The van der Waals surface area contributed by atoms with E-state index < -0.39 is 15.7 Å². The van der Waals surface area contributed by atoms with Gasteiger partial charge < -0.3 is 17.2 Å². The molecular weight excluding hydrogens is 278 g/mol. The minimum Gasteiger partial charge on any atom is -0.399 e. The number of rotatable bonds is 3. The van der Waals surface area contributed by atoms with Gasteiger partial charge in [0, 0.05) is 11.4 Å². The van der Waals surface area contributed by atoms with Crippen LogP contribution in [0.2, 0.25) is 0 Å². The summed E-state index contributed by atoms with van der Waals surface area (Å²) >= 11 is 0. The Labute approximate surface area is 116 Å². The molecule has 0 bridgehead atoms. The molecule has 0 aromatic heterocycles. The Morgan fingerprint density at radius 3 is 2.00 bits per heavy atom. The molecule has 0 aliphatic carbocycles. The number of amides is 1. The number of benzene rings is 2. The van der Waals surface area contributed by atoms with Gasteiger partial charge in [-0.2, -0.15) is 0 Å². The van der Waals surface area contributed by atoms with Crippen LogP contribution in [0.3, 0.4) is 0 Å². The molecule has 0 aliphatic heterocycles. The molecule has 6 nitrogen and oxygen atoms in total. The van der Waals surface area contributed by atoms with Gasteiger partial charge in [0.2, 0.25) is 15.7 Å². The van der Waals surface area contributed by atoms with Crippen LogP contribution in [0.1, 0.15) is 10.4 Å². The van der Waals surface area contributed by atoms with Gasteiger partial charge in [-0.05, 0) is 42.5 Å². The molecule has 0 radical (unpaired) electrons. The number of carbonyl (C=O) groups excluding carboxylic acids is 1. The number of sulfone groups is 1. The number of nitrogens with two attached hydrogens (primary N) is 3. The van der Waals surface area contributed by atoms with E-state index >= 15 is 0 Å². The van der Waals surface area contributed by atoms with E-state index in [0.29, 0.717) is 5.69 Å². The molecule has 0 aliphatic rings. The lowest BCUT2D eigenvalue weighted by atomic mass is 10.2. The summed E-state index contributed by atoms with van der Waals surface area (Å²) in [5.74, 6) is -0.855. The lowest BCUT2D eigenvalue weighted by molar-refractivity contribution is 0.0997. The Hall–Kier alpha value is -2.54. The van der Waals surface area contributed by atoms with Gasteiger partial charge in [-0.3, -0.25) is 4.79 Å². The molecule has 1 amide bonds. The molecule has 0 heterocycles. The van der Waals surface area contributed by atoms with E-state index in [4.69, 9.17) is 17.2 Å². The van der Waals surface area contributed by atoms with Crippen molar-refractivity contribution in [1.82, 2.24) is 0 Å². The summed E-state index contributed by atoms with van der Waals surface area (Å²) in [5.41, 5.74) is 16.8. The fourth-order valence-electron chi connectivity index (χ4n) is 1.75. The van der Waals surface area contributed by atoms with Gasteiger partial charge in [0.25, 0.3) is 0 Å². The van der Waals surface area contributed by atoms with Crippen molar-refractivity contribution in [3.8, 4) is 0 Å². The minimum absolute atomic E-state index is 0.0268. The third-order valence-electron chi connectivity index (χ3n) is 2.75. The lowest BCUT2D eigenvalue weighted by Crippen LogP contribution is -2.17. The molecule has 0 spiro atoms. The van der Waals surface area contributed by atoms with Crippen LogP contribution in [0.15, 0.2) is 52.3 Å². The van der Waals surface area contributed by atoms with E-state index in [9.17, 15) is 13.2 Å². The van der Waals surface area contributed by atoms with E-state index in [0.717, 1.165) is 0 Å². The highest BCUT2D eigenvalue weighted by atomic mass is 32.2. The van der Waals surface area contributed by atoms with E-state index in [1.165, 1.54) is 42.5 Å². The standard InChI is InChI=1S/C13H13N3O3S/c14-8-1-4-10(5-2-8)20(18,19)12-6-3-9(15)7-11(12)13(16)17/h1-7H,14-15H2,(H2,16,17).